The minimum Gasteiger partial charge on any atom is -0.493 e. The van der Waals surface area contributed by atoms with Gasteiger partial charge in [0.05, 0.1) is 12.7 Å². The van der Waals surface area contributed by atoms with Crippen LogP contribution in [0.2, 0.25) is 0 Å². The second-order valence-corrected chi connectivity index (χ2v) is 8.17. The number of amides is 1. The second kappa shape index (κ2) is 11.3. The van der Waals surface area contributed by atoms with Crippen molar-refractivity contribution in [2.45, 2.75) is 20.0 Å². The number of alkyl halides is 3. The summed E-state index contributed by atoms with van der Waals surface area (Å²) in [7, 11) is 1.54. The Balaban J connectivity index is 1.71. The number of methoxy groups -OCH3 is 1. The number of carbonyl (C=O) groups excluding carboxylic acids is 1. The Morgan fingerprint density at radius 1 is 1.12 bits per heavy atom. The van der Waals surface area contributed by atoms with Crippen molar-refractivity contribution >= 4 is 22.9 Å². The van der Waals surface area contributed by atoms with Crippen molar-refractivity contribution in [2.24, 2.45) is 0 Å². The van der Waals surface area contributed by atoms with Gasteiger partial charge in [-0.25, -0.2) is 4.98 Å². The van der Waals surface area contributed by atoms with Gasteiger partial charge in [-0.15, -0.1) is 11.3 Å². The molecule has 0 aliphatic heterocycles. The molecule has 0 aliphatic rings. The van der Waals surface area contributed by atoms with Crippen molar-refractivity contribution in [3.63, 3.8) is 0 Å². The van der Waals surface area contributed by atoms with Gasteiger partial charge in [0.1, 0.15) is 17.3 Å². The molecule has 182 valence electrons. The fourth-order valence-electron chi connectivity index (χ4n) is 3.23. The molecule has 1 amide bonds. The van der Waals surface area contributed by atoms with Crippen LogP contribution in [0.4, 0.5) is 18.9 Å². The number of anilines is 1. The van der Waals surface area contributed by atoms with Gasteiger partial charge in [-0.2, -0.15) is 13.2 Å². The van der Waals surface area contributed by atoms with Crippen LogP contribution in [0.5, 0.6) is 11.5 Å². The van der Waals surface area contributed by atoms with Gasteiger partial charge in [-0.1, -0.05) is 26.0 Å². The minimum atomic E-state index is -4.45. The SMILES string of the molecule is CCN(CC)CCOc1cc(NC(=O)c2csc(-c3cccc(C(F)(F)F)c3)n2)ccc1OC. The lowest BCUT2D eigenvalue weighted by molar-refractivity contribution is -0.137. The van der Waals surface area contributed by atoms with Crippen molar-refractivity contribution in [2.75, 3.05) is 38.7 Å². The first-order chi connectivity index (χ1) is 16.2. The van der Waals surface area contributed by atoms with E-state index < -0.39 is 17.6 Å². The van der Waals surface area contributed by atoms with E-state index in [0.717, 1.165) is 43.1 Å². The van der Waals surface area contributed by atoms with Gasteiger partial charge in [0.2, 0.25) is 0 Å². The summed E-state index contributed by atoms with van der Waals surface area (Å²) in [6.07, 6.45) is -4.45. The average molecular weight is 494 g/mol. The highest BCUT2D eigenvalue weighted by atomic mass is 32.1. The van der Waals surface area contributed by atoms with Gasteiger partial charge in [0.15, 0.2) is 11.5 Å². The predicted octanol–water partition coefficient (Wildman–Crippen LogP) is 5.81. The van der Waals surface area contributed by atoms with E-state index in [9.17, 15) is 18.0 Å². The monoisotopic (exact) mass is 493 g/mol. The summed E-state index contributed by atoms with van der Waals surface area (Å²) in [6, 6.07) is 9.89. The zero-order chi connectivity index (χ0) is 24.7. The van der Waals surface area contributed by atoms with Gasteiger partial charge in [0.25, 0.3) is 5.91 Å². The van der Waals surface area contributed by atoms with Crippen LogP contribution in [0.15, 0.2) is 47.8 Å². The second-order valence-electron chi connectivity index (χ2n) is 7.31. The zero-order valence-corrected chi connectivity index (χ0v) is 19.9. The maximum absolute atomic E-state index is 13.0. The summed E-state index contributed by atoms with van der Waals surface area (Å²) in [5.74, 6) is 0.558. The van der Waals surface area contributed by atoms with E-state index in [1.165, 1.54) is 24.6 Å². The van der Waals surface area contributed by atoms with Crippen molar-refractivity contribution in [3.05, 3.63) is 59.1 Å². The molecule has 0 aliphatic carbocycles. The first kappa shape index (κ1) is 25.5. The number of thiazole rings is 1. The molecule has 3 aromatic rings. The topological polar surface area (TPSA) is 63.7 Å². The lowest BCUT2D eigenvalue weighted by Crippen LogP contribution is -2.28. The van der Waals surface area contributed by atoms with Gasteiger partial charge in [-0.3, -0.25) is 4.79 Å². The fourth-order valence-corrected chi connectivity index (χ4v) is 4.02. The van der Waals surface area contributed by atoms with Gasteiger partial charge >= 0.3 is 6.18 Å². The zero-order valence-electron chi connectivity index (χ0n) is 19.1. The van der Waals surface area contributed by atoms with E-state index in [1.807, 2.05) is 0 Å². The molecule has 0 spiro atoms. The number of carbonyl (C=O) groups is 1. The molecule has 0 saturated carbocycles. The number of benzene rings is 2. The van der Waals surface area contributed by atoms with E-state index in [2.05, 4.69) is 29.0 Å². The Labute approximate surface area is 200 Å². The molecule has 3 rings (SSSR count). The van der Waals surface area contributed by atoms with Crippen LogP contribution in [0, 0.1) is 0 Å². The maximum atomic E-state index is 13.0. The molecule has 1 aromatic heterocycles. The van der Waals surface area contributed by atoms with Gasteiger partial charge in [-0.05, 0) is 37.4 Å². The number of hydrogen-bond donors (Lipinski definition) is 1. The smallest absolute Gasteiger partial charge is 0.416 e. The van der Waals surface area contributed by atoms with E-state index in [4.69, 9.17) is 9.47 Å². The van der Waals surface area contributed by atoms with Gasteiger partial charge < -0.3 is 19.7 Å². The van der Waals surface area contributed by atoms with E-state index in [-0.39, 0.29) is 5.69 Å². The van der Waals surface area contributed by atoms with E-state index >= 15 is 0 Å². The average Bonchev–Trinajstić information content (AvgIpc) is 3.32. The molecule has 6 nitrogen and oxygen atoms in total. The Morgan fingerprint density at radius 2 is 1.88 bits per heavy atom. The third-order valence-electron chi connectivity index (χ3n) is 5.15. The van der Waals surface area contributed by atoms with Gasteiger partial charge in [0, 0.05) is 29.2 Å². The maximum Gasteiger partial charge on any atom is 0.416 e. The summed E-state index contributed by atoms with van der Waals surface area (Å²) in [5.41, 5.74) is 0.125. The highest BCUT2D eigenvalue weighted by Crippen LogP contribution is 2.34. The van der Waals surface area contributed by atoms with Crippen LogP contribution < -0.4 is 14.8 Å². The van der Waals surface area contributed by atoms with Crippen LogP contribution >= 0.6 is 11.3 Å². The number of halogens is 3. The summed E-state index contributed by atoms with van der Waals surface area (Å²) in [5, 5.41) is 4.59. The summed E-state index contributed by atoms with van der Waals surface area (Å²) in [6.45, 7) is 7.21. The van der Waals surface area contributed by atoms with Crippen LogP contribution in [0.3, 0.4) is 0 Å². The Bertz CT molecular complexity index is 1110. The molecule has 34 heavy (non-hydrogen) atoms. The molecular weight excluding hydrogens is 467 g/mol. The lowest BCUT2D eigenvalue weighted by atomic mass is 10.1. The van der Waals surface area contributed by atoms with Crippen LogP contribution in [0.25, 0.3) is 10.6 Å². The molecule has 1 heterocycles. The third kappa shape index (κ3) is 6.48. The summed E-state index contributed by atoms with van der Waals surface area (Å²) < 4.78 is 50.2. The number of rotatable bonds is 10. The molecule has 0 radical (unpaired) electrons. The lowest BCUT2D eigenvalue weighted by Gasteiger charge is -2.19. The number of ether oxygens (including phenoxy) is 2. The van der Waals surface area contributed by atoms with Crippen molar-refractivity contribution in [1.29, 1.82) is 0 Å². The standard InChI is InChI=1S/C24H26F3N3O3S/c1-4-30(5-2)11-12-33-21-14-18(9-10-20(21)32-3)28-22(31)19-15-34-23(29-19)16-7-6-8-17(13-16)24(25,26)27/h6-10,13-15H,4-5,11-12H2,1-3H3,(H,28,31). The molecule has 0 fully saturated rings. The highest BCUT2D eigenvalue weighted by Gasteiger charge is 2.30. The number of aromatic nitrogens is 1. The quantitative estimate of drug-likeness (QED) is 0.386. The summed E-state index contributed by atoms with van der Waals surface area (Å²) in [4.78, 5) is 19.2. The van der Waals surface area contributed by atoms with Crippen LogP contribution in [-0.4, -0.2) is 49.1 Å². The van der Waals surface area contributed by atoms with Crippen molar-refractivity contribution < 1.29 is 27.4 Å². The van der Waals surface area contributed by atoms with Crippen molar-refractivity contribution in [3.8, 4) is 22.1 Å². The first-order valence-corrected chi connectivity index (χ1v) is 11.6. The Hall–Kier alpha value is -3.11. The Kier molecular flexibility index (Phi) is 8.51. The fraction of sp³-hybridized carbons (Fsp3) is 0.333. The van der Waals surface area contributed by atoms with E-state index in [0.29, 0.717) is 34.4 Å². The highest BCUT2D eigenvalue weighted by molar-refractivity contribution is 7.13. The normalized spacial score (nSPS) is 11.5. The summed E-state index contributed by atoms with van der Waals surface area (Å²) >= 11 is 1.10. The molecule has 2 aromatic carbocycles. The van der Waals surface area contributed by atoms with Crippen LogP contribution in [0.1, 0.15) is 29.9 Å². The number of hydrogen-bond acceptors (Lipinski definition) is 6. The third-order valence-corrected chi connectivity index (χ3v) is 6.05. The molecule has 10 heteroatoms. The molecule has 0 bridgehead atoms. The number of nitrogens with one attached hydrogen (secondary N) is 1. The number of likely N-dealkylation sites (N-methyl/N-ethyl adjacent to an activating group) is 1. The molecule has 0 saturated heterocycles. The predicted molar refractivity (Wildman–Crippen MR) is 127 cm³/mol. The minimum absolute atomic E-state index is 0.109. The van der Waals surface area contributed by atoms with E-state index in [1.54, 1.807) is 18.2 Å². The number of nitrogens with zero attached hydrogens (tertiary/aromatic N) is 2. The largest absolute Gasteiger partial charge is 0.493 e. The first-order valence-electron chi connectivity index (χ1n) is 10.7. The van der Waals surface area contributed by atoms with Crippen molar-refractivity contribution in [1.82, 2.24) is 9.88 Å². The van der Waals surface area contributed by atoms with Crippen LogP contribution in [-0.2, 0) is 6.18 Å². The molecular formula is C24H26F3N3O3S. The molecule has 0 atom stereocenters. The Morgan fingerprint density at radius 3 is 2.56 bits per heavy atom. The molecule has 0 unspecified atom stereocenters. The molecule has 1 N–H and O–H groups in total.